The zero-order chi connectivity index (χ0) is 32.6. The van der Waals surface area contributed by atoms with Crippen LogP contribution in [0.3, 0.4) is 0 Å². The minimum Gasteiger partial charge on any atom is -0.481 e. The molecule has 0 spiro atoms. The van der Waals surface area contributed by atoms with E-state index in [1.54, 1.807) is 6.92 Å². The van der Waals surface area contributed by atoms with Gasteiger partial charge in [0.15, 0.2) is 0 Å². The summed E-state index contributed by atoms with van der Waals surface area (Å²) >= 11 is 0. The SMILES string of the molecule is CC(C)(CCCCCC(=O)NCCCC[C@H](NC(=O)N[C@@H](CCC(=O)O)C(=O)O)C(=O)O)OCCOC(=O)C1CC1(C)O. The highest BCUT2D eigenvalue weighted by atomic mass is 16.6. The molecule has 3 amide bonds. The third-order valence-electron chi connectivity index (χ3n) is 7.09. The summed E-state index contributed by atoms with van der Waals surface area (Å²) in [6.07, 6.45) is 3.92. The third-order valence-corrected chi connectivity index (χ3v) is 7.09. The molecule has 0 bridgehead atoms. The Bertz CT molecular complexity index is 969. The molecule has 246 valence electrons. The molecule has 0 heterocycles. The van der Waals surface area contributed by atoms with Gasteiger partial charge in [-0.15, -0.1) is 0 Å². The molecule has 1 aliphatic carbocycles. The van der Waals surface area contributed by atoms with Crippen LogP contribution in [-0.2, 0) is 33.4 Å². The molecule has 0 saturated heterocycles. The summed E-state index contributed by atoms with van der Waals surface area (Å²) in [6, 6.07) is -3.79. The van der Waals surface area contributed by atoms with Gasteiger partial charge in [-0.05, 0) is 65.7 Å². The number of esters is 1. The van der Waals surface area contributed by atoms with Crippen molar-refractivity contribution >= 4 is 35.8 Å². The lowest BCUT2D eigenvalue weighted by Gasteiger charge is -2.25. The zero-order valence-corrected chi connectivity index (χ0v) is 25.2. The minimum atomic E-state index is -1.48. The van der Waals surface area contributed by atoms with E-state index in [2.05, 4.69) is 16.0 Å². The van der Waals surface area contributed by atoms with Gasteiger partial charge in [0.25, 0.3) is 0 Å². The van der Waals surface area contributed by atoms with E-state index in [4.69, 9.17) is 19.7 Å². The molecule has 0 radical (unpaired) electrons. The maximum absolute atomic E-state index is 12.1. The number of ether oxygens (including phenoxy) is 2. The third kappa shape index (κ3) is 16.7. The first-order valence-corrected chi connectivity index (χ1v) is 14.6. The zero-order valence-electron chi connectivity index (χ0n) is 25.2. The first-order chi connectivity index (χ1) is 20.0. The minimum absolute atomic E-state index is 0.0500. The first kappa shape index (κ1) is 37.6. The van der Waals surface area contributed by atoms with Gasteiger partial charge in [-0.2, -0.15) is 0 Å². The van der Waals surface area contributed by atoms with E-state index in [0.29, 0.717) is 38.6 Å². The number of carbonyl (C=O) groups excluding carboxylic acids is 3. The smallest absolute Gasteiger partial charge is 0.326 e. The summed E-state index contributed by atoms with van der Waals surface area (Å²) in [5.74, 6) is -4.95. The van der Waals surface area contributed by atoms with Gasteiger partial charge in [-0.1, -0.05) is 12.8 Å². The van der Waals surface area contributed by atoms with Gasteiger partial charge in [0.2, 0.25) is 5.91 Å². The molecule has 0 aromatic heterocycles. The lowest BCUT2D eigenvalue weighted by atomic mass is 10.00. The van der Waals surface area contributed by atoms with Gasteiger partial charge < -0.3 is 45.9 Å². The molecule has 1 fully saturated rings. The van der Waals surface area contributed by atoms with Crippen LogP contribution in [0.5, 0.6) is 0 Å². The Morgan fingerprint density at radius 2 is 1.47 bits per heavy atom. The van der Waals surface area contributed by atoms with Gasteiger partial charge in [-0.3, -0.25) is 14.4 Å². The Hall–Kier alpha value is -3.46. The van der Waals surface area contributed by atoms with Crippen molar-refractivity contribution < 1.29 is 58.7 Å². The van der Waals surface area contributed by atoms with Gasteiger partial charge in [0, 0.05) is 19.4 Å². The summed E-state index contributed by atoms with van der Waals surface area (Å²) in [7, 11) is 0. The topological polar surface area (TPSA) is 238 Å². The molecule has 2 unspecified atom stereocenters. The van der Waals surface area contributed by atoms with Crippen LogP contribution in [0.2, 0.25) is 0 Å². The Morgan fingerprint density at radius 1 is 0.860 bits per heavy atom. The van der Waals surface area contributed by atoms with Crippen molar-refractivity contribution in [2.24, 2.45) is 5.92 Å². The lowest BCUT2D eigenvalue weighted by Crippen LogP contribution is -2.51. The van der Waals surface area contributed by atoms with Crippen molar-refractivity contribution in [1.82, 2.24) is 16.0 Å². The number of nitrogens with one attached hydrogen (secondary N) is 3. The summed E-state index contributed by atoms with van der Waals surface area (Å²) in [6.45, 7) is 6.20. The van der Waals surface area contributed by atoms with Gasteiger partial charge in [0.1, 0.15) is 18.7 Å². The van der Waals surface area contributed by atoms with Crippen LogP contribution in [0.4, 0.5) is 4.79 Å². The van der Waals surface area contributed by atoms with Crippen molar-refractivity contribution in [2.45, 2.75) is 115 Å². The number of hydrogen-bond acceptors (Lipinski definition) is 9. The van der Waals surface area contributed by atoms with Gasteiger partial charge in [0.05, 0.1) is 23.7 Å². The molecule has 0 aromatic rings. The molecule has 0 aliphatic heterocycles. The summed E-state index contributed by atoms with van der Waals surface area (Å²) < 4.78 is 10.9. The van der Waals surface area contributed by atoms with E-state index in [0.717, 1.165) is 19.3 Å². The van der Waals surface area contributed by atoms with Crippen LogP contribution in [0.15, 0.2) is 0 Å². The molecular formula is C28H47N3O12. The van der Waals surface area contributed by atoms with E-state index in [-0.39, 0.29) is 32.0 Å². The van der Waals surface area contributed by atoms with Crippen LogP contribution in [0, 0.1) is 5.92 Å². The number of carboxylic acid groups (broad SMARTS) is 3. The molecule has 1 aliphatic rings. The highest BCUT2D eigenvalue weighted by Crippen LogP contribution is 2.43. The molecule has 4 atom stereocenters. The second-order valence-corrected chi connectivity index (χ2v) is 11.6. The normalized spacial score (nSPS) is 19.0. The largest absolute Gasteiger partial charge is 0.481 e. The average molecular weight is 618 g/mol. The molecule has 1 saturated carbocycles. The fourth-order valence-corrected chi connectivity index (χ4v) is 4.27. The maximum Gasteiger partial charge on any atom is 0.326 e. The quantitative estimate of drug-likeness (QED) is 0.0636. The molecule has 43 heavy (non-hydrogen) atoms. The molecule has 15 heteroatoms. The number of aliphatic hydroxyl groups is 1. The molecule has 7 N–H and O–H groups in total. The maximum atomic E-state index is 12.1. The van der Waals surface area contributed by atoms with Crippen LogP contribution < -0.4 is 16.0 Å². The summed E-state index contributed by atoms with van der Waals surface area (Å²) in [5.41, 5.74) is -1.37. The van der Waals surface area contributed by atoms with Crippen molar-refractivity contribution in [1.29, 1.82) is 0 Å². The number of unbranched alkanes of at least 4 members (excludes halogenated alkanes) is 3. The number of hydrogen-bond donors (Lipinski definition) is 7. The van der Waals surface area contributed by atoms with Crippen molar-refractivity contribution in [2.75, 3.05) is 19.8 Å². The predicted octanol–water partition coefficient (Wildman–Crippen LogP) is 1.40. The molecule has 0 aromatic carbocycles. The Morgan fingerprint density at radius 3 is 2.02 bits per heavy atom. The summed E-state index contributed by atoms with van der Waals surface area (Å²) in [5, 5.41) is 43.8. The fraction of sp³-hybridized carbons (Fsp3) is 0.786. The molecular weight excluding hydrogens is 570 g/mol. The van der Waals surface area contributed by atoms with Crippen LogP contribution in [0.1, 0.15) is 91.4 Å². The number of amides is 3. The summed E-state index contributed by atoms with van der Waals surface area (Å²) in [4.78, 5) is 69.2. The van der Waals surface area contributed by atoms with Crippen molar-refractivity contribution in [3.63, 3.8) is 0 Å². The van der Waals surface area contributed by atoms with E-state index >= 15 is 0 Å². The van der Waals surface area contributed by atoms with Crippen molar-refractivity contribution in [3.8, 4) is 0 Å². The molecule has 15 nitrogen and oxygen atoms in total. The van der Waals surface area contributed by atoms with E-state index in [1.165, 1.54) is 0 Å². The van der Waals surface area contributed by atoms with E-state index in [1.807, 2.05) is 13.8 Å². The standard InChI is InChI=1S/C28H47N3O12/c1-27(2,43-16-15-42-25(39)18-17-28(18,3)41)13-7-4-5-10-21(32)29-14-8-6-9-19(23(35)36)30-26(40)31-20(24(37)38)11-12-22(33)34/h18-20,41H,4-17H2,1-3H3,(H,29,32)(H,33,34)(H,35,36)(H,37,38)(H2,30,31,40)/t18?,19-,20-,28?/m0/s1. The Balaban J connectivity index is 2.14. The Kier molecular flexibility index (Phi) is 16.0. The fourth-order valence-electron chi connectivity index (χ4n) is 4.27. The first-order valence-electron chi connectivity index (χ1n) is 14.6. The second kappa shape index (κ2) is 18.3. The number of carbonyl (C=O) groups is 6. The predicted molar refractivity (Wildman–Crippen MR) is 151 cm³/mol. The highest BCUT2D eigenvalue weighted by molar-refractivity contribution is 5.86. The number of aliphatic carboxylic acids is 3. The average Bonchev–Trinajstić information content (AvgIpc) is 3.55. The van der Waals surface area contributed by atoms with Gasteiger partial charge in [-0.25, -0.2) is 14.4 Å². The van der Waals surface area contributed by atoms with Crippen LogP contribution >= 0.6 is 0 Å². The highest BCUT2D eigenvalue weighted by Gasteiger charge is 2.54. The van der Waals surface area contributed by atoms with Crippen LogP contribution in [0.25, 0.3) is 0 Å². The van der Waals surface area contributed by atoms with Crippen LogP contribution in [-0.4, -0.2) is 99.3 Å². The monoisotopic (exact) mass is 617 g/mol. The van der Waals surface area contributed by atoms with E-state index < -0.39 is 65.5 Å². The molecule has 1 rings (SSSR count). The lowest BCUT2D eigenvalue weighted by molar-refractivity contribution is -0.150. The Labute approximate surface area is 251 Å². The van der Waals surface area contributed by atoms with E-state index in [9.17, 15) is 39.0 Å². The number of carboxylic acids is 3. The number of rotatable bonds is 23. The van der Waals surface area contributed by atoms with Crippen molar-refractivity contribution in [3.05, 3.63) is 0 Å². The van der Waals surface area contributed by atoms with Gasteiger partial charge >= 0.3 is 29.9 Å². The number of urea groups is 1. The second-order valence-electron chi connectivity index (χ2n) is 11.6.